The molecule has 0 amide bonds. The van der Waals surface area contributed by atoms with E-state index < -0.39 is 48.4 Å². The summed E-state index contributed by atoms with van der Waals surface area (Å²) in [5.41, 5.74) is -1.47. The molecule has 0 saturated carbocycles. The topological polar surface area (TPSA) is 131 Å². The van der Waals surface area contributed by atoms with E-state index in [-0.39, 0.29) is 5.56 Å². The second-order valence-corrected chi connectivity index (χ2v) is 4.90. The Morgan fingerprint density at radius 3 is 2.78 bits per heavy atom. The van der Waals surface area contributed by atoms with Gasteiger partial charge in [-0.3, -0.25) is 19.1 Å². The molecule has 2 rings (SSSR count). The lowest BCUT2D eigenvalue weighted by Gasteiger charge is -2.21. The van der Waals surface area contributed by atoms with Crippen molar-refractivity contribution in [1.82, 2.24) is 9.55 Å². The highest BCUT2D eigenvalue weighted by atomic mass is 16.6. The third-order valence-electron chi connectivity index (χ3n) is 3.30. The van der Waals surface area contributed by atoms with E-state index in [9.17, 15) is 24.6 Å². The summed E-state index contributed by atoms with van der Waals surface area (Å²) in [5, 5.41) is 19.3. The average molecular weight is 324 g/mol. The van der Waals surface area contributed by atoms with Gasteiger partial charge in [-0.05, 0) is 6.92 Å². The number of nitrogens with one attached hydrogen (secondary N) is 1. The highest BCUT2D eigenvalue weighted by Crippen LogP contribution is 2.30. The van der Waals surface area contributed by atoms with Crippen molar-refractivity contribution >= 4 is 5.97 Å². The molecule has 0 aliphatic carbocycles. The average Bonchev–Trinajstić information content (AvgIpc) is 2.78. The van der Waals surface area contributed by atoms with Gasteiger partial charge < -0.3 is 19.7 Å². The van der Waals surface area contributed by atoms with Gasteiger partial charge in [-0.25, -0.2) is 4.79 Å². The second kappa shape index (κ2) is 6.78. The van der Waals surface area contributed by atoms with Crippen LogP contribution in [0.2, 0.25) is 0 Å². The molecule has 0 bridgehead atoms. The van der Waals surface area contributed by atoms with Crippen LogP contribution >= 0.6 is 0 Å². The zero-order chi connectivity index (χ0) is 17.1. The van der Waals surface area contributed by atoms with Gasteiger partial charge in [0.15, 0.2) is 12.3 Å². The maximum absolute atomic E-state index is 12.0. The van der Waals surface area contributed by atoms with Crippen LogP contribution in [0, 0.1) is 11.8 Å². The molecule has 1 aliphatic heterocycles. The molecular formula is C14H16N2O7. The van der Waals surface area contributed by atoms with Crippen LogP contribution < -0.4 is 11.2 Å². The van der Waals surface area contributed by atoms with Crippen LogP contribution in [0.3, 0.4) is 0 Å². The standard InChI is InChI=1S/C14H16N2O7/c1-3-4-8-5-16(14(21)15-12(8)20)13-11(22-7(2)18)10(19)9(6-17)23-13/h5,9-11,13,17,19H,6H2,1-2H3,(H,15,20,21)/t9-,10-,11+,13-/m1/s1. The summed E-state index contributed by atoms with van der Waals surface area (Å²) in [6.07, 6.45) is -3.62. The molecule has 0 aromatic carbocycles. The highest BCUT2D eigenvalue weighted by molar-refractivity contribution is 5.66. The Labute approximate surface area is 130 Å². The number of aliphatic hydroxyl groups excluding tert-OH is 2. The van der Waals surface area contributed by atoms with Gasteiger partial charge in [-0.15, -0.1) is 5.92 Å². The molecule has 0 radical (unpaired) electrons. The maximum Gasteiger partial charge on any atom is 0.330 e. The van der Waals surface area contributed by atoms with Crippen molar-refractivity contribution in [1.29, 1.82) is 0 Å². The zero-order valence-electron chi connectivity index (χ0n) is 12.5. The number of carbonyl (C=O) groups is 1. The molecule has 3 N–H and O–H groups in total. The first-order chi connectivity index (χ1) is 10.9. The number of hydrogen-bond donors (Lipinski definition) is 3. The summed E-state index contributed by atoms with van der Waals surface area (Å²) >= 11 is 0. The van der Waals surface area contributed by atoms with Crippen LogP contribution in [-0.2, 0) is 14.3 Å². The normalized spacial score (nSPS) is 26.4. The van der Waals surface area contributed by atoms with Crippen molar-refractivity contribution in [2.24, 2.45) is 0 Å². The van der Waals surface area contributed by atoms with Crippen molar-refractivity contribution in [2.45, 2.75) is 38.4 Å². The number of nitrogens with zero attached hydrogens (tertiary/aromatic N) is 1. The Morgan fingerprint density at radius 2 is 2.22 bits per heavy atom. The summed E-state index contributed by atoms with van der Waals surface area (Å²) in [6, 6.07) is 0. The van der Waals surface area contributed by atoms with E-state index in [1.54, 1.807) is 0 Å². The predicted octanol–water partition coefficient (Wildman–Crippen LogP) is -1.91. The van der Waals surface area contributed by atoms with E-state index in [1.165, 1.54) is 6.92 Å². The minimum atomic E-state index is -1.33. The molecule has 1 aliphatic rings. The summed E-state index contributed by atoms with van der Waals surface area (Å²) in [4.78, 5) is 36.9. The lowest BCUT2D eigenvalue weighted by atomic mass is 10.1. The summed E-state index contributed by atoms with van der Waals surface area (Å²) in [7, 11) is 0. The molecule has 0 unspecified atom stereocenters. The largest absolute Gasteiger partial charge is 0.455 e. The van der Waals surface area contributed by atoms with Crippen molar-refractivity contribution < 1.29 is 24.5 Å². The fourth-order valence-electron chi connectivity index (χ4n) is 2.31. The van der Waals surface area contributed by atoms with Crippen molar-refractivity contribution in [2.75, 3.05) is 6.61 Å². The van der Waals surface area contributed by atoms with Gasteiger partial charge in [0, 0.05) is 13.1 Å². The predicted molar refractivity (Wildman–Crippen MR) is 76.4 cm³/mol. The van der Waals surface area contributed by atoms with Crippen molar-refractivity contribution in [3.8, 4) is 11.8 Å². The van der Waals surface area contributed by atoms with E-state index in [4.69, 9.17) is 9.47 Å². The molecule has 124 valence electrons. The molecule has 1 aromatic heterocycles. The number of ether oxygens (including phenoxy) is 2. The Hall–Kier alpha value is -2.41. The van der Waals surface area contributed by atoms with E-state index in [1.807, 2.05) is 0 Å². The molecule has 4 atom stereocenters. The maximum atomic E-state index is 12.0. The molecule has 1 fully saturated rings. The molecule has 1 aromatic rings. The Morgan fingerprint density at radius 1 is 1.52 bits per heavy atom. The number of carbonyl (C=O) groups excluding carboxylic acids is 1. The van der Waals surface area contributed by atoms with Gasteiger partial charge >= 0.3 is 11.7 Å². The van der Waals surface area contributed by atoms with E-state index in [0.29, 0.717) is 0 Å². The summed E-state index contributed by atoms with van der Waals surface area (Å²) in [5.74, 6) is 4.38. The Kier molecular flexibility index (Phi) is 5.00. The number of aliphatic hydroxyl groups is 2. The summed E-state index contributed by atoms with van der Waals surface area (Å²) < 4.78 is 11.4. The van der Waals surface area contributed by atoms with Gasteiger partial charge in [0.05, 0.1) is 6.61 Å². The minimum absolute atomic E-state index is 0.0132. The van der Waals surface area contributed by atoms with Crippen molar-refractivity contribution in [3.63, 3.8) is 0 Å². The molecule has 1 saturated heterocycles. The second-order valence-electron chi connectivity index (χ2n) is 4.90. The number of esters is 1. The van der Waals surface area contributed by atoms with Crippen LogP contribution in [0.5, 0.6) is 0 Å². The zero-order valence-corrected chi connectivity index (χ0v) is 12.5. The number of H-pyrrole nitrogens is 1. The molecule has 9 heteroatoms. The van der Waals surface area contributed by atoms with Crippen LogP contribution in [0.1, 0.15) is 25.6 Å². The van der Waals surface area contributed by atoms with Crippen LogP contribution in [0.15, 0.2) is 15.8 Å². The first-order valence-corrected chi connectivity index (χ1v) is 6.78. The number of aromatic nitrogens is 2. The summed E-state index contributed by atoms with van der Waals surface area (Å²) in [6.45, 7) is 2.13. The number of rotatable bonds is 3. The molecule has 2 heterocycles. The van der Waals surface area contributed by atoms with Gasteiger partial charge in [0.2, 0.25) is 0 Å². The van der Waals surface area contributed by atoms with Gasteiger partial charge in [-0.1, -0.05) is 5.92 Å². The van der Waals surface area contributed by atoms with Crippen molar-refractivity contribution in [3.05, 3.63) is 32.6 Å². The molecular weight excluding hydrogens is 308 g/mol. The Bertz CT molecular complexity index is 770. The number of hydrogen-bond acceptors (Lipinski definition) is 7. The van der Waals surface area contributed by atoms with E-state index in [2.05, 4.69) is 16.8 Å². The van der Waals surface area contributed by atoms with Gasteiger partial charge in [-0.2, -0.15) is 0 Å². The fraction of sp³-hybridized carbons (Fsp3) is 0.500. The smallest absolute Gasteiger partial charge is 0.330 e. The Balaban J connectivity index is 2.51. The van der Waals surface area contributed by atoms with Crippen LogP contribution in [0.25, 0.3) is 0 Å². The SMILES string of the molecule is CC#Cc1cn([C@@H]2O[C@H](CO)[C@@H](O)[C@@H]2OC(C)=O)c(=O)[nH]c1=O. The first kappa shape index (κ1) is 17.0. The van der Waals surface area contributed by atoms with Crippen LogP contribution in [0.4, 0.5) is 0 Å². The van der Waals surface area contributed by atoms with E-state index >= 15 is 0 Å². The van der Waals surface area contributed by atoms with Gasteiger partial charge in [0.25, 0.3) is 5.56 Å². The minimum Gasteiger partial charge on any atom is -0.455 e. The molecule has 23 heavy (non-hydrogen) atoms. The fourth-order valence-corrected chi connectivity index (χ4v) is 2.31. The van der Waals surface area contributed by atoms with Crippen LogP contribution in [-0.4, -0.2) is 50.7 Å². The quantitative estimate of drug-likeness (QED) is 0.437. The lowest BCUT2D eigenvalue weighted by Crippen LogP contribution is -2.40. The van der Waals surface area contributed by atoms with E-state index in [0.717, 1.165) is 17.7 Å². The number of aromatic amines is 1. The molecule has 0 spiro atoms. The third-order valence-corrected chi connectivity index (χ3v) is 3.30. The monoisotopic (exact) mass is 324 g/mol. The van der Waals surface area contributed by atoms with Gasteiger partial charge in [0.1, 0.15) is 17.8 Å². The highest BCUT2D eigenvalue weighted by Gasteiger charge is 2.47. The third kappa shape index (κ3) is 3.34. The lowest BCUT2D eigenvalue weighted by molar-refractivity contribution is -0.156. The first-order valence-electron chi connectivity index (χ1n) is 6.78. The molecule has 9 nitrogen and oxygen atoms in total.